The Morgan fingerprint density at radius 2 is 1.84 bits per heavy atom. The van der Waals surface area contributed by atoms with E-state index in [-0.39, 0.29) is 23.6 Å². The molecule has 3 aromatic carbocycles. The zero-order chi connectivity index (χ0) is 40.7. The minimum atomic E-state index is -0.589. The molecule has 3 aliphatic rings. The van der Waals surface area contributed by atoms with Crippen molar-refractivity contribution in [3.63, 3.8) is 0 Å². The lowest BCUT2D eigenvalue weighted by atomic mass is 9.70. The zero-order valence-corrected chi connectivity index (χ0v) is 33.8. The fraction of sp³-hybridized carbons (Fsp3) is 0.444. The summed E-state index contributed by atoms with van der Waals surface area (Å²) in [4.78, 5) is 55.0. The predicted octanol–water partition coefficient (Wildman–Crippen LogP) is 4.83. The van der Waals surface area contributed by atoms with Gasteiger partial charge in [-0.2, -0.15) is 5.26 Å². The Labute approximate surface area is 339 Å². The van der Waals surface area contributed by atoms with Crippen LogP contribution in [0.1, 0.15) is 91.2 Å². The van der Waals surface area contributed by atoms with E-state index in [1.165, 1.54) is 0 Å². The molecule has 13 nitrogen and oxygen atoms in total. The maximum absolute atomic E-state index is 14.1. The number of carbonyl (C=O) groups is 3. The van der Waals surface area contributed by atoms with Crippen molar-refractivity contribution in [2.24, 2.45) is 5.73 Å². The molecule has 8 rings (SSSR count). The topological polar surface area (TPSA) is 182 Å². The molecule has 0 spiro atoms. The highest BCUT2D eigenvalue weighted by Crippen LogP contribution is 2.46. The summed E-state index contributed by atoms with van der Waals surface area (Å²) in [5, 5.41) is 13.5. The summed E-state index contributed by atoms with van der Waals surface area (Å²) in [6, 6.07) is 19.3. The minimum absolute atomic E-state index is 0.0179. The summed E-state index contributed by atoms with van der Waals surface area (Å²) in [6.07, 6.45) is 4.19. The average molecular weight is 783 g/mol. The fourth-order valence-electron chi connectivity index (χ4n) is 9.36. The first-order valence-electron chi connectivity index (χ1n) is 20.8. The minimum Gasteiger partial charge on any atom is -0.369 e. The Balaban J connectivity index is 0.797. The number of nitrogen functional groups attached to an aromatic ring is 1. The van der Waals surface area contributed by atoms with Crippen molar-refractivity contribution < 1.29 is 14.4 Å². The fourth-order valence-corrected chi connectivity index (χ4v) is 9.36. The summed E-state index contributed by atoms with van der Waals surface area (Å²) in [6.45, 7) is 12.3. The maximum Gasteiger partial charge on any atom is 0.237 e. The molecule has 1 aliphatic carbocycles. The van der Waals surface area contributed by atoms with Crippen molar-refractivity contribution in [2.45, 2.75) is 83.3 Å². The standard InChI is InChI=1S/C45H54N10O3/c1-4-29-24-32-33(45(2,3)42-40(41(32)57)31-14-13-28(26-46)23-36(31)50-42)25-38(29)53-19-21-54(22-20-53)39(56)12-8-16-52-18-15-30(27-52)49-43(58)34(47)9-7-17-55-37-11-6-5-10-35(37)51-44(55)48/h5-6,10-11,13-14,23-25,30,34,50H,4,7-9,12,15-22,27,47H2,1-3H3,(H2,48,51)(H,49,58)/t30-,34+/m1/s1. The van der Waals surface area contributed by atoms with Gasteiger partial charge >= 0.3 is 0 Å². The molecule has 58 heavy (non-hydrogen) atoms. The van der Waals surface area contributed by atoms with Crippen LogP contribution in [0.4, 0.5) is 11.6 Å². The third-order valence-corrected chi connectivity index (χ3v) is 12.7. The molecule has 4 heterocycles. The van der Waals surface area contributed by atoms with Crippen LogP contribution in [0, 0.1) is 11.3 Å². The van der Waals surface area contributed by atoms with E-state index in [2.05, 4.69) is 64.1 Å². The lowest BCUT2D eigenvalue weighted by Gasteiger charge is -2.39. The molecule has 2 fully saturated rings. The van der Waals surface area contributed by atoms with Gasteiger partial charge in [0.15, 0.2) is 5.78 Å². The van der Waals surface area contributed by atoms with Crippen LogP contribution < -0.4 is 21.7 Å². The molecule has 302 valence electrons. The number of amides is 2. The van der Waals surface area contributed by atoms with Crippen LogP contribution in [0.3, 0.4) is 0 Å². The summed E-state index contributed by atoms with van der Waals surface area (Å²) < 4.78 is 1.97. The van der Waals surface area contributed by atoms with Crippen molar-refractivity contribution in [2.75, 3.05) is 56.4 Å². The summed E-state index contributed by atoms with van der Waals surface area (Å²) in [5.41, 5.74) is 20.7. The molecule has 2 aliphatic heterocycles. The SMILES string of the molecule is CCc1cc2c(cc1N1CCN(C(=O)CCCN3CC[C@@H](NC(=O)[C@@H](N)CCCn4c(N)nc5ccccc54)C3)CC1)C(C)(C)c1[nH]c3cc(C#N)ccc3c1C2=O. The van der Waals surface area contributed by atoms with Crippen molar-refractivity contribution in [1.82, 2.24) is 29.7 Å². The molecule has 0 unspecified atom stereocenters. The number of H-pyrrole nitrogens is 1. The highest BCUT2D eigenvalue weighted by molar-refractivity contribution is 6.20. The number of aromatic amines is 1. The van der Waals surface area contributed by atoms with E-state index in [4.69, 9.17) is 11.5 Å². The number of aryl methyl sites for hydroxylation is 2. The third kappa shape index (κ3) is 7.31. The number of nitrogens with zero attached hydrogens (tertiary/aromatic N) is 6. The second-order valence-corrected chi connectivity index (χ2v) is 16.7. The number of nitrogens with two attached hydrogens (primary N) is 2. The first-order chi connectivity index (χ1) is 28.0. The number of benzene rings is 3. The van der Waals surface area contributed by atoms with Crippen LogP contribution in [0.2, 0.25) is 0 Å². The first-order valence-corrected chi connectivity index (χ1v) is 20.8. The lowest BCUT2D eigenvalue weighted by Crippen LogP contribution is -2.49. The Kier molecular flexibility index (Phi) is 10.7. The van der Waals surface area contributed by atoms with Gasteiger partial charge in [-0.15, -0.1) is 0 Å². The molecule has 0 saturated carbocycles. The maximum atomic E-state index is 14.1. The quantitative estimate of drug-likeness (QED) is 0.138. The average Bonchev–Trinajstić information content (AvgIpc) is 3.94. The highest BCUT2D eigenvalue weighted by Gasteiger charge is 2.41. The Morgan fingerprint density at radius 1 is 1.05 bits per heavy atom. The smallest absolute Gasteiger partial charge is 0.237 e. The van der Waals surface area contributed by atoms with Gasteiger partial charge < -0.3 is 41.0 Å². The summed E-state index contributed by atoms with van der Waals surface area (Å²) in [7, 11) is 0. The normalized spacial score (nSPS) is 18.3. The van der Waals surface area contributed by atoms with Gasteiger partial charge in [-0.3, -0.25) is 14.4 Å². The van der Waals surface area contributed by atoms with Crippen molar-refractivity contribution in [3.8, 4) is 6.07 Å². The molecule has 2 aromatic heterocycles. The Hall–Kier alpha value is -5.71. The first kappa shape index (κ1) is 39.1. The highest BCUT2D eigenvalue weighted by atomic mass is 16.2. The number of rotatable bonds is 12. The predicted molar refractivity (Wildman–Crippen MR) is 227 cm³/mol. The molecule has 13 heteroatoms. The molecule has 2 amide bonds. The number of likely N-dealkylation sites (tertiary alicyclic amines) is 1. The van der Waals surface area contributed by atoms with Gasteiger partial charge in [-0.25, -0.2) is 4.98 Å². The van der Waals surface area contributed by atoms with Crippen LogP contribution >= 0.6 is 0 Å². The Bertz CT molecular complexity index is 2430. The van der Waals surface area contributed by atoms with Crippen molar-refractivity contribution >= 4 is 51.2 Å². The lowest BCUT2D eigenvalue weighted by molar-refractivity contribution is -0.131. The molecular weight excluding hydrogens is 729 g/mol. The number of para-hydroxylation sites is 2. The molecule has 2 saturated heterocycles. The number of piperazine rings is 1. The van der Waals surface area contributed by atoms with E-state index in [1.54, 1.807) is 6.07 Å². The van der Waals surface area contributed by atoms with Gasteiger partial charge in [0.05, 0.1) is 34.3 Å². The van der Waals surface area contributed by atoms with E-state index < -0.39 is 11.5 Å². The van der Waals surface area contributed by atoms with Crippen LogP contribution in [-0.2, 0) is 28.0 Å². The number of nitrogens with one attached hydrogen (secondary N) is 2. The molecule has 2 atom stereocenters. The zero-order valence-electron chi connectivity index (χ0n) is 33.8. The molecule has 6 N–H and O–H groups in total. The van der Waals surface area contributed by atoms with Gasteiger partial charge in [-0.05, 0) is 86.2 Å². The van der Waals surface area contributed by atoms with E-state index in [0.29, 0.717) is 56.0 Å². The number of hydrogen-bond donors (Lipinski definition) is 4. The van der Waals surface area contributed by atoms with E-state index in [1.807, 2.05) is 45.9 Å². The van der Waals surface area contributed by atoms with E-state index in [9.17, 15) is 19.6 Å². The molecule has 5 aromatic rings. The van der Waals surface area contributed by atoms with Crippen LogP contribution in [-0.4, -0.2) is 99.8 Å². The third-order valence-electron chi connectivity index (χ3n) is 12.7. The van der Waals surface area contributed by atoms with Crippen LogP contribution in [0.25, 0.3) is 21.9 Å². The van der Waals surface area contributed by atoms with Gasteiger partial charge in [0.2, 0.25) is 17.8 Å². The van der Waals surface area contributed by atoms with E-state index >= 15 is 0 Å². The molecule has 0 bridgehead atoms. The van der Waals surface area contributed by atoms with Crippen LogP contribution in [0.5, 0.6) is 0 Å². The number of ketones is 1. The van der Waals surface area contributed by atoms with Crippen molar-refractivity contribution in [1.29, 1.82) is 5.26 Å². The number of hydrogen-bond acceptors (Lipinski definition) is 9. The Morgan fingerprint density at radius 3 is 2.62 bits per heavy atom. The molecule has 0 radical (unpaired) electrons. The van der Waals surface area contributed by atoms with Gasteiger partial charge in [0, 0.05) is 91.5 Å². The van der Waals surface area contributed by atoms with Gasteiger partial charge in [-0.1, -0.05) is 39.0 Å². The molecular formula is C45H54N10O3. The van der Waals surface area contributed by atoms with Gasteiger partial charge in [0.25, 0.3) is 0 Å². The number of carbonyl (C=O) groups excluding carboxylic acids is 3. The number of aromatic nitrogens is 3. The number of fused-ring (bicyclic) bond motifs is 5. The van der Waals surface area contributed by atoms with Crippen molar-refractivity contribution in [3.05, 3.63) is 88.1 Å². The summed E-state index contributed by atoms with van der Waals surface area (Å²) in [5.74, 6) is 0.543. The second kappa shape index (κ2) is 15.9. The van der Waals surface area contributed by atoms with Gasteiger partial charge in [0.1, 0.15) is 0 Å². The largest absolute Gasteiger partial charge is 0.369 e. The second-order valence-electron chi connectivity index (χ2n) is 16.7. The number of anilines is 2. The monoisotopic (exact) mass is 782 g/mol. The summed E-state index contributed by atoms with van der Waals surface area (Å²) >= 11 is 0. The number of nitriles is 1. The van der Waals surface area contributed by atoms with Crippen LogP contribution in [0.15, 0.2) is 54.6 Å². The van der Waals surface area contributed by atoms with E-state index in [0.717, 1.165) is 102 Å². The number of imidazole rings is 1.